The standard InChI is InChI=1S/C30H30/c1-3-5-6-7-8-26-13-15-28(16-14-26)19-20-30-23-21-29(22-24-30)18-17-27-11-9-25(4-2)10-12-27/h9-16,21-24H,3-8H2,1-2H3. The van der Waals surface area contributed by atoms with E-state index in [-0.39, 0.29) is 0 Å². The molecule has 0 radical (unpaired) electrons. The van der Waals surface area contributed by atoms with Crippen LogP contribution in [0, 0.1) is 23.7 Å². The van der Waals surface area contributed by atoms with Gasteiger partial charge in [0.2, 0.25) is 0 Å². The van der Waals surface area contributed by atoms with E-state index in [1.807, 2.05) is 24.3 Å². The molecule has 0 nitrogen and oxygen atoms in total. The molecule has 30 heavy (non-hydrogen) atoms. The zero-order chi connectivity index (χ0) is 21.0. The molecule has 0 saturated heterocycles. The second-order valence-electron chi connectivity index (χ2n) is 7.64. The van der Waals surface area contributed by atoms with Crippen LogP contribution in [0.5, 0.6) is 0 Å². The van der Waals surface area contributed by atoms with E-state index < -0.39 is 0 Å². The molecule has 3 rings (SSSR count). The van der Waals surface area contributed by atoms with E-state index >= 15 is 0 Å². The third kappa shape index (κ3) is 6.99. The summed E-state index contributed by atoms with van der Waals surface area (Å²) in [5, 5.41) is 0. The number of benzene rings is 3. The monoisotopic (exact) mass is 390 g/mol. The highest BCUT2D eigenvalue weighted by Gasteiger charge is 1.95. The van der Waals surface area contributed by atoms with Crippen molar-refractivity contribution in [2.45, 2.75) is 52.4 Å². The third-order valence-electron chi connectivity index (χ3n) is 5.22. The molecule has 0 N–H and O–H groups in total. The predicted octanol–water partition coefficient (Wildman–Crippen LogP) is 7.17. The lowest BCUT2D eigenvalue weighted by molar-refractivity contribution is 0.667. The predicted molar refractivity (Wildman–Crippen MR) is 129 cm³/mol. The van der Waals surface area contributed by atoms with Gasteiger partial charge in [0.1, 0.15) is 0 Å². The summed E-state index contributed by atoms with van der Waals surface area (Å²) in [6, 6.07) is 25.3. The normalized spacial score (nSPS) is 9.93. The van der Waals surface area contributed by atoms with Crippen molar-refractivity contribution in [3.8, 4) is 23.7 Å². The van der Waals surface area contributed by atoms with E-state index in [0.29, 0.717) is 0 Å². The van der Waals surface area contributed by atoms with E-state index in [0.717, 1.165) is 28.7 Å². The van der Waals surface area contributed by atoms with Crippen LogP contribution in [0.3, 0.4) is 0 Å². The van der Waals surface area contributed by atoms with Crippen molar-refractivity contribution in [2.75, 3.05) is 0 Å². The molecule has 0 unspecified atom stereocenters. The summed E-state index contributed by atoms with van der Waals surface area (Å²) in [4.78, 5) is 0. The van der Waals surface area contributed by atoms with Crippen molar-refractivity contribution in [2.24, 2.45) is 0 Å². The van der Waals surface area contributed by atoms with Gasteiger partial charge in [-0.2, -0.15) is 0 Å². The van der Waals surface area contributed by atoms with Gasteiger partial charge in [0.25, 0.3) is 0 Å². The van der Waals surface area contributed by atoms with Gasteiger partial charge in [-0.15, -0.1) is 0 Å². The van der Waals surface area contributed by atoms with Gasteiger partial charge in [-0.25, -0.2) is 0 Å². The summed E-state index contributed by atoms with van der Waals surface area (Å²) in [6.45, 7) is 4.41. The van der Waals surface area contributed by atoms with Crippen LogP contribution in [0.25, 0.3) is 0 Å². The van der Waals surface area contributed by atoms with E-state index in [9.17, 15) is 0 Å². The molecule has 0 aliphatic heterocycles. The molecule has 0 heterocycles. The van der Waals surface area contributed by atoms with Gasteiger partial charge >= 0.3 is 0 Å². The van der Waals surface area contributed by atoms with Gasteiger partial charge in [-0.05, 0) is 78.9 Å². The average molecular weight is 391 g/mol. The van der Waals surface area contributed by atoms with Gasteiger partial charge in [0, 0.05) is 22.3 Å². The van der Waals surface area contributed by atoms with Crippen molar-refractivity contribution in [3.05, 3.63) is 106 Å². The molecule has 0 fully saturated rings. The molecule has 0 heteroatoms. The summed E-state index contributed by atoms with van der Waals surface area (Å²) in [5.41, 5.74) is 6.87. The molecule has 3 aromatic rings. The Morgan fingerprint density at radius 1 is 0.467 bits per heavy atom. The number of hydrogen-bond donors (Lipinski definition) is 0. The number of hydrogen-bond acceptors (Lipinski definition) is 0. The Kier molecular flexibility index (Phi) is 8.38. The molecular formula is C30H30. The lowest BCUT2D eigenvalue weighted by atomic mass is 10.0. The van der Waals surface area contributed by atoms with Gasteiger partial charge in [-0.1, -0.05) is 81.1 Å². The number of rotatable bonds is 6. The summed E-state index contributed by atoms with van der Waals surface area (Å²) in [7, 11) is 0. The van der Waals surface area contributed by atoms with Gasteiger partial charge in [0.15, 0.2) is 0 Å². The fourth-order valence-corrected chi connectivity index (χ4v) is 3.26. The van der Waals surface area contributed by atoms with Crippen LogP contribution in [0.15, 0.2) is 72.8 Å². The Bertz CT molecular complexity index is 1030. The van der Waals surface area contributed by atoms with Crippen LogP contribution in [0.4, 0.5) is 0 Å². The maximum absolute atomic E-state index is 3.27. The molecule has 150 valence electrons. The Balaban J connectivity index is 1.57. The molecule has 0 aromatic heterocycles. The zero-order valence-electron chi connectivity index (χ0n) is 18.2. The fraction of sp³-hybridized carbons (Fsp3) is 0.267. The second-order valence-corrected chi connectivity index (χ2v) is 7.64. The molecule has 0 aliphatic carbocycles. The fourth-order valence-electron chi connectivity index (χ4n) is 3.26. The molecule has 0 spiro atoms. The van der Waals surface area contributed by atoms with Crippen LogP contribution in [0.2, 0.25) is 0 Å². The Labute approximate surface area is 182 Å². The number of unbranched alkanes of at least 4 members (excludes halogenated alkanes) is 3. The van der Waals surface area contributed by atoms with Crippen LogP contribution in [0.1, 0.15) is 72.9 Å². The van der Waals surface area contributed by atoms with E-state index in [4.69, 9.17) is 0 Å². The SMILES string of the molecule is CCCCCCc1ccc(C#Cc2ccc(C#Cc3ccc(CC)cc3)cc2)cc1. The first-order valence-corrected chi connectivity index (χ1v) is 11.1. The maximum Gasteiger partial charge on any atom is 0.0249 e. The van der Waals surface area contributed by atoms with Crippen LogP contribution in [-0.4, -0.2) is 0 Å². The maximum atomic E-state index is 3.27. The summed E-state index contributed by atoms with van der Waals surface area (Å²) < 4.78 is 0. The molecule has 0 saturated carbocycles. The smallest absolute Gasteiger partial charge is 0.0249 e. The molecule has 3 aromatic carbocycles. The van der Waals surface area contributed by atoms with Crippen LogP contribution < -0.4 is 0 Å². The lowest BCUT2D eigenvalue weighted by Gasteiger charge is -2.01. The summed E-state index contributed by atoms with van der Waals surface area (Å²) >= 11 is 0. The Morgan fingerprint density at radius 2 is 0.867 bits per heavy atom. The molecule has 0 bridgehead atoms. The van der Waals surface area contributed by atoms with Crippen molar-refractivity contribution in [1.82, 2.24) is 0 Å². The van der Waals surface area contributed by atoms with Gasteiger partial charge in [0.05, 0.1) is 0 Å². The molecule has 0 aliphatic rings. The molecule has 0 amide bonds. The van der Waals surface area contributed by atoms with Crippen molar-refractivity contribution >= 4 is 0 Å². The molecule has 0 atom stereocenters. The van der Waals surface area contributed by atoms with E-state index in [1.54, 1.807) is 0 Å². The lowest BCUT2D eigenvalue weighted by Crippen LogP contribution is -1.86. The topological polar surface area (TPSA) is 0 Å². The highest BCUT2D eigenvalue weighted by atomic mass is 14.0. The van der Waals surface area contributed by atoms with Gasteiger partial charge in [-0.3, -0.25) is 0 Å². The Morgan fingerprint density at radius 3 is 1.27 bits per heavy atom. The van der Waals surface area contributed by atoms with E-state index in [1.165, 1.54) is 43.2 Å². The van der Waals surface area contributed by atoms with Crippen molar-refractivity contribution in [1.29, 1.82) is 0 Å². The minimum atomic E-state index is 1.01. The van der Waals surface area contributed by atoms with Crippen molar-refractivity contribution < 1.29 is 0 Å². The first kappa shape index (κ1) is 21.5. The summed E-state index contributed by atoms with van der Waals surface area (Å²) in [5.74, 6) is 13.0. The highest BCUT2D eigenvalue weighted by Crippen LogP contribution is 2.10. The summed E-state index contributed by atoms with van der Waals surface area (Å²) in [6.07, 6.45) is 7.44. The minimum Gasteiger partial charge on any atom is -0.0654 e. The van der Waals surface area contributed by atoms with E-state index in [2.05, 4.69) is 86.1 Å². The highest BCUT2D eigenvalue weighted by molar-refractivity contribution is 5.48. The quantitative estimate of drug-likeness (QED) is 0.309. The zero-order valence-corrected chi connectivity index (χ0v) is 18.2. The van der Waals surface area contributed by atoms with Crippen LogP contribution >= 0.6 is 0 Å². The number of aryl methyl sites for hydroxylation is 2. The first-order valence-electron chi connectivity index (χ1n) is 11.1. The van der Waals surface area contributed by atoms with Crippen LogP contribution in [-0.2, 0) is 12.8 Å². The third-order valence-corrected chi connectivity index (χ3v) is 5.22. The molecular weight excluding hydrogens is 360 g/mol. The minimum absolute atomic E-state index is 1.01. The largest absolute Gasteiger partial charge is 0.0654 e. The average Bonchev–Trinajstić information content (AvgIpc) is 2.81. The van der Waals surface area contributed by atoms with Crippen molar-refractivity contribution in [3.63, 3.8) is 0 Å². The second kappa shape index (κ2) is 11.7. The van der Waals surface area contributed by atoms with Gasteiger partial charge < -0.3 is 0 Å². The Hall–Kier alpha value is -3.22. The first-order chi connectivity index (χ1) is 14.8.